The minimum Gasteiger partial charge on any atom is -0.507 e. The molecular weight excluding hydrogens is 698 g/mol. The van der Waals surface area contributed by atoms with Crippen LogP contribution in [0.25, 0.3) is 11.5 Å². The summed E-state index contributed by atoms with van der Waals surface area (Å²) in [5, 5.41) is 12.4. The second-order valence-corrected chi connectivity index (χ2v) is 16.5. The molecule has 2 aromatic carbocycles. The number of carbonyl (C=O) groups excluding carboxylic acids is 2. The summed E-state index contributed by atoms with van der Waals surface area (Å²) in [5.74, 6) is 2.03. The lowest BCUT2D eigenvalue weighted by Crippen LogP contribution is -2.42. The van der Waals surface area contributed by atoms with Crippen molar-refractivity contribution in [3.63, 3.8) is 0 Å². The fraction of sp³-hybridized carbons (Fsp3) is 0.344. The summed E-state index contributed by atoms with van der Waals surface area (Å²) in [5.41, 5.74) is 10.0. The monoisotopic (exact) mass is 733 g/mol. The van der Waals surface area contributed by atoms with Crippen molar-refractivity contribution in [1.82, 2.24) is 10.3 Å². The number of nitrogens with zero attached hydrogens (tertiary/aromatic N) is 1. The molecular formula is C32H36N3O9PS3. The summed E-state index contributed by atoms with van der Waals surface area (Å²) >= 11 is 3.79. The number of imide groups is 1. The molecule has 2 aliphatic rings. The van der Waals surface area contributed by atoms with E-state index in [1.54, 1.807) is 0 Å². The number of nitrogens with two attached hydrogens (primary N) is 1. The summed E-state index contributed by atoms with van der Waals surface area (Å²) in [4.78, 5) is 45.0. The fourth-order valence-electron chi connectivity index (χ4n) is 5.32. The molecule has 1 saturated heterocycles. The van der Waals surface area contributed by atoms with Gasteiger partial charge in [0.05, 0.1) is 9.46 Å². The minimum atomic E-state index is -4.36. The Labute approximate surface area is 290 Å². The Morgan fingerprint density at radius 2 is 1.83 bits per heavy atom. The van der Waals surface area contributed by atoms with Gasteiger partial charge >= 0.3 is 7.60 Å². The smallest absolute Gasteiger partial charge is 0.391 e. The van der Waals surface area contributed by atoms with Crippen molar-refractivity contribution in [2.45, 2.75) is 62.0 Å². The number of ether oxygens (including phenoxy) is 2. The van der Waals surface area contributed by atoms with Crippen LogP contribution >= 0.6 is 42.5 Å². The highest BCUT2D eigenvalue weighted by Gasteiger charge is 2.36. The number of rotatable bonds is 8. The lowest BCUT2D eigenvalue weighted by molar-refractivity contribution is -0.118. The summed E-state index contributed by atoms with van der Waals surface area (Å²) in [6, 6.07) is 10.3. The first kappa shape index (κ1) is 35.8. The number of nitrogen functional groups attached to an aromatic ring is 1. The number of amides is 2. The van der Waals surface area contributed by atoms with Crippen LogP contribution in [-0.2, 0) is 22.2 Å². The van der Waals surface area contributed by atoms with Gasteiger partial charge in [-0.15, -0.1) is 11.8 Å². The number of thioether (sulfide) groups is 2. The largest absolute Gasteiger partial charge is 0.507 e. The number of benzene rings is 2. The number of carbonyl (C=O) groups is 2. The highest BCUT2D eigenvalue weighted by atomic mass is 32.2. The molecule has 0 bridgehead atoms. The van der Waals surface area contributed by atoms with Crippen LogP contribution in [-0.4, -0.2) is 54.7 Å². The van der Waals surface area contributed by atoms with Gasteiger partial charge in [0.2, 0.25) is 11.4 Å². The van der Waals surface area contributed by atoms with E-state index in [9.17, 15) is 19.3 Å². The van der Waals surface area contributed by atoms with Crippen molar-refractivity contribution in [2.75, 3.05) is 18.6 Å². The standard InChI is InChI=1S/C24H27NO5S.C8H9N2O4PS2/c1-13-14(2)21-18(15(3)20(13)26)9-10-24(4,30-21)12-29-17-7-5-16(6-8-17)11-19-22(27)25-23(28)31-19;1-16-7-6(10-8(9)17-7)4-2-3-5(14-4)15(11,12)13/h5-8,19,26H,9-12H2,1-4H3,(H,25,27,28);2-3H,1H3,(H2,9,10)(H2,11,12,13). The Bertz CT molecular complexity index is 1900. The van der Waals surface area contributed by atoms with Gasteiger partial charge in [-0.2, -0.15) is 0 Å². The van der Waals surface area contributed by atoms with E-state index in [2.05, 4.69) is 10.3 Å². The van der Waals surface area contributed by atoms with Crippen LogP contribution in [0.4, 0.5) is 9.93 Å². The maximum absolute atomic E-state index is 11.7. The van der Waals surface area contributed by atoms with Gasteiger partial charge in [0.25, 0.3) is 5.24 Å². The number of thiazole rings is 1. The van der Waals surface area contributed by atoms with Crippen molar-refractivity contribution in [1.29, 1.82) is 0 Å². The van der Waals surface area contributed by atoms with E-state index in [0.717, 1.165) is 68.1 Å². The quantitative estimate of drug-likeness (QED) is 0.106. The molecule has 4 aromatic rings. The lowest BCUT2D eigenvalue weighted by Gasteiger charge is -2.37. The van der Waals surface area contributed by atoms with Crippen molar-refractivity contribution < 1.29 is 42.9 Å². The molecule has 2 unspecified atom stereocenters. The Morgan fingerprint density at radius 3 is 2.44 bits per heavy atom. The number of hydrogen-bond acceptors (Lipinski definition) is 12. The van der Waals surface area contributed by atoms with Crippen LogP contribution in [0.3, 0.4) is 0 Å². The molecule has 2 amide bonds. The third-order valence-corrected chi connectivity index (χ3v) is 11.9. The maximum Gasteiger partial charge on any atom is 0.391 e. The van der Waals surface area contributed by atoms with Crippen molar-refractivity contribution in [2.24, 2.45) is 0 Å². The number of hydrogen-bond donors (Lipinski definition) is 5. The molecule has 2 atom stereocenters. The van der Waals surface area contributed by atoms with Crippen molar-refractivity contribution in [3.8, 4) is 28.7 Å². The SMILES string of the molecule is CSc1sc(N)nc1-c1ccc(P(=O)(O)O)o1.Cc1c(C)c2c(c(C)c1O)CCC(C)(COc1ccc(CC3SC(=O)NC3=O)cc1)O2. The Balaban J connectivity index is 0.000000224. The third kappa shape index (κ3) is 7.88. The fourth-order valence-corrected chi connectivity index (χ4v) is 8.17. The van der Waals surface area contributed by atoms with Gasteiger partial charge in [0.15, 0.2) is 10.9 Å². The Hall–Kier alpha value is -3.46. The number of phenolic OH excluding ortho intramolecular Hbond substituents is 1. The zero-order valence-corrected chi connectivity index (χ0v) is 30.2. The Morgan fingerprint density at radius 1 is 1.12 bits per heavy atom. The van der Waals surface area contributed by atoms with Gasteiger partial charge < -0.3 is 34.5 Å². The molecule has 12 nitrogen and oxygen atoms in total. The number of anilines is 1. The summed E-state index contributed by atoms with van der Waals surface area (Å²) in [6.45, 7) is 8.28. The molecule has 1 fully saturated rings. The molecule has 6 rings (SSSR count). The topological polar surface area (TPSA) is 194 Å². The molecule has 2 aromatic heterocycles. The highest BCUT2D eigenvalue weighted by Crippen LogP contribution is 2.44. The zero-order valence-electron chi connectivity index (χ0n) is 26.9. The van der Waals surface area contributed by atoms with E-state index in [1.165, 1.54) is 35.2 Å². The van der Waals surface area contributed by atoms with E-state index in [0.29, 0.717) is 35.4 Å². The second-order valence-electron chi connectivity index (χ2n) is 11.7. The van der Waals surface area contributed by atoms with Crippen LogP contribution in [0.1, 0.15) is 41.2 Å². The van der Waals surface area contributed by atoms with Crippen LogP contribution in [0, 0.1) is 20.8 Å². The molecule has 48 heavy (non-hydrogen) atoms. The third-order valence-electron chi connectivity index (χ3n) is 8.16. The van der Waals surface area contributed by atoms with E-state index in [4.69, 9.17) is 29.4 Å². The number of aromatic hydroxyl groups is 1. The van der Waals surface area contributed by atoms with Gasteiger partial charge in [-0.25, -0.2) is 4.98 Å². The second kappa shape index (κ2) is 14.2. The van der Waals surface area contributed by atoms with Crippen LogP contribution < -0.4 is 26.0 Å². The van der Waals surface area contributed by atoms with Crippen LogP contribution in [0.15, 0.2) is 45.0 Å². The summed E-state index contributed by atoms with van der Waals surface area (Å²) in [6.07, 6.45) is 3.99. The number of nitrogens with one attached hydrogen (secondary N) is 1. The normalized spacial score (nSPS) is 18.9. The molecule has 2 aliphatic heterocycles. The number of phenols is 1. The van der Waals surface area contributed by atoms with Gasteiger partial charge in [-0.1, -0.05) is 35.2 Å². The van der Waals surface area contributed by atoms with Gasteiger partial charge in [0.1, 0.15) is 35.2 Å². The van der Waals surface area contributed by atoms with Gasteiger partial charge in [-0.3, -0.25) is 19.5 Å². The minimum absolute atomic E-state index is 0.230. The van der Waals surface area contributed by atoms with Crippen LogP contribution in [0.5, 0.6) is 17.2 Å². The average molecular weight is 734 g/mol. The molecule has 4 heterocycles. The summed E-state index contributed by atoms with van der Waals surface area (Å²) in [7, 11) is -4.36. The molecule has 6 N–H and O–H groups in total. The number of aromatic nitrogens is 1. The van der Waals surface area contributed by atoms with E-state index < -0.39 is 13.2 Å². The maximum atomic E-state index is 11.7. The molecule has 0 aliphatic carbocycles. The molecule has 0 radical (unpaired) electrons. The highest BCUT2D eigenvalue weighted by molar-refractivity contribution is 8.15. The number of furan rings is 1. The lowest BCUT2D eigenvalue weighted by atomic mass is 9.87. The van der Waals surface area contributed by atoms with E-state index in [1.807, 2.05) is 58.2 Å². The first-order valence-corrected chi connectivity index (χ1v) is 19.3. The molecule has 16 heteroatoms. The van der Waals surface area contributed by atoms with E-state index in [-0.39, 0.29) is 21.9 Å². The van der Waals surface area contributed by atoms with Crippen molar-refractivity contribution in [3.05, 3.63) is 64.2 Å². The summed E-state index contributed by atoms with van der Waals surface area (Å²) < 4.78 is 29.4. The van der Waals surface area contributed by atoms with Crippen molar-refractivity contribution >= 4 is 64.2 Å². The average Bonchev–Trinajstić information content (AvgIpc) is 3.77. The van der Waals surface area contributed by atoms with Gasteiger partial charge in [0, 0.05) is 5.56 Å². The van der Waals surface area contributed by atoms with Gasteiger partial charge in [-0.05, 0) is 99.7 Å². The molecule has 0 spiro atoms. The predicted molar refractivity (Wildman–Crippen MR) is 188 cm³/mol. The predicted octanol–water partition coefficient (Wildman–Crippen LogP) is 5.88. The molecule has 0 saturated carbocycles. The van der Waals surface area contributed by atoms with Crippen LogP contribution in [0.2, 0.25) is 0 Å². The zero-order chi connectivity index (χ0) is 35.0. The molecule has 256 valence electrons. The number of fused-ring (bicyclic) bond motifs is 1. The van der Waals surface area contributed by atoms with E-state index >= 15 is 0 Å². The first-order chi connectivity index (χ1) is 22.6. The first-order valence-electron chi connectivity index (χ1n) is 14.8. The Kier molecular flexibility index (Phi) is 10.6.